The van der Waals surface area contributed by atoms with E-state index in [0.29, 0.717) is 0 Å². The van der Waals surface area contributed by atoms with Crippen molar-refractivity contribution in [1.29, 1.82) is 0 Å². The molecule has 0 aliphatic carbocycles. The van der Waals surface area contributed by atoms with Gasteiger partial charge in [-0.3, -0.25) is 9.00 Å². The number of nitrogens with one attached hydrogen (secondary N) is 1. The molecule has 0 saturated heterocycles. The normalized spacial score (nSPS) is 12.3. The smallest absolute Gasteiger partial charge is 0.405 e. The van der Waals surface area contributed by atoms with Crippen molar-refractivity contribution >= 4 is 22.4 Å². The molecule has 3 aromatic carbocycles. The van der Waals surface area contributed by atoms with Crippen LogP contribution in [-0.4, -0.2) is 22.2 Å². The second-order valence-electron chi connectivity index (χ2n) is 6.98. The van der Waals surface area contributed by atoms with Gasteiger partial charge in [-0.15, -0.1) is 13.2 Å². The number of para-hydroxylation sites is 1. The van der Waals surface area contributed by atoms with E-state index < -0.39 is 57.4 Å². The molecule has 1 amide bonds. The fourth-order valence-electron chi connectivity index (χ4n) is 3.17. The monoisotopic (exact) mass is 501 g/mol. The molecule has 1 atom stereocenters. The fourth-order valence-corrected chi connectivity index (χ4v) is 3.98. The van der Waals surface area contributed by atoms with Crippen LogP contribution in [-0.2, 0) is 22.0 Å². The number of halogens is 6. The van der Waals surface area contributed by atoms with E-state index in [1.54, 1.807) is 6.92 Å². The molecule has 0 aromatic heterocycles. The third-order valence-corrected chi connectivity index (χ3v) is 5.92. The molecule has 3 rings (SSSR count). The van der Waals surface area contributed by atoms with Gasteiger partial charge in [0, 0.05) is 17.0 Å². The standard InChI is InChI=1S/C23H17F6NO3S/c1-2-34(32)20-8-7-13(9-16(20)24)10-21(31)30-14-11-17(25)22(18(26)12-14)15-5-3-4-6-19(15)33-23(27,28)29/h3-9,11-12H,2,10H2,1H3,(H,30,31). The Morgan fingerprint density at radius 2 is 1.62 bits per heavy atom. The zero-order valence-corrected chi connectivity index (χ0v) is 18.3. The van der Waals surface area contributed by atoms with Gasteiger partial charge >= 0.3 is 6.36 Å². The summed E-state index contributed by atoms with van der Waals surface area (Å²) in [6.45, 7) is 1.63. The quantitative estimate of drug-likeness (QED) is 0.406. The molecule has 4 nitrogen and oxygen atoms in total. The van der Waals surface area contributed by atoms with Crippen LogP contribution in [0.15, 0.2) is 59.5 Å². The fraction of sp³-hybridized carbons (Fsp3) is 0.174. The minimum atomic E-state index is -5.07. The lowest BCUT2D eigenvalue weighted by atomic mass is 10.0. The predicted molar refractivity (Wildman–Crippen MR) is 114 cm³/mol. The van der Waals surface area contributed by atoms with E-state index in [2.05, 4.69) is 10.1 Å². The van der Waals surface area contributed by atoms with Crippen LogP contribution in [0.5, 0.6) is 5.75 Å². The van der Waals surface area contributed by atoms with Gasteiger partial charge in [0.1, 0.15) is 23.2 Å². The first-order chi connectivity index (χ1) is 16.0. The Kier molecular flexibility index (Phi) is 7.65. The number of hydrogen-bond donors (Lipinski definition) is 1. The van der Waals surface area contributed by atoms with E-state index in [1.807, 2.05) is 0 Å². The Hall–Kier alpha value is -3.34. The van der Waals surface area contributed by atoms with Gasteiger partial charge < -0.3 is 10.1 Å². The van der Waals surface area contributed by atoms with E-state index in [9.17, 15) is 35.3 Å². The van der Waals surface area contributed by atoms with E-state index in [4.69, 9.17) is 0 Å². The van der Waals surface area contributed by atoms with Crippen molar-refractivity contribution in [2.75, 3.05) is 11.1 Å². The molecule has 180 valence electrons. The Morgan fingerprint density at radius 1 is 0.971 bits per heavy atom. The molecule has 1 N–H and O–H groups in total. The number of ether oxygens (including phenoxy) is 1. The summed E-state index contributed by atoms with van der Waals surface area (Å²) in [6, 6.07) is 9.72. The van der Waals surface area contributed by atoms with Crippen molar-refractivity contribution in [3.63, 3.8) is 0 Å². The van der Waals surface area contributed by atoms with E-state index in [1.165, 1.54) is 24.3 Å². The summed E-state index contributed by atoms with van der Waals surface area (Å²) in [7, 11) is -1.52. The zero-order chi connectivity index (χ0) is 25.0. The lowest BCUT2D eigenvalue weighted by Gasteiger charge is -2.15. The maximum atomic E-state index is 14.7. The highest BCUT2D eigenvalue weighted by atomic mass is 32.2. The molecule has 34 heavy (non-hydrogen) atoms. The largest absolute Gasteiger partial charge is 0.573 e. The second kappa shape index (κ2) is 10.3. The van der Waals surface area contributed by atoms with Crippen LogP contribution < -0.4 is 10.1 Å². The van der Waals surface area contributed by atoms with Crippen molar-refractivity contribution in [2.45, 2.75) is 24.6 Å². The summed E-state index contributed by atoms with van der Waals surface area (Å²) in [5, 5.41) is 2.26. The summed E-state index contributed by atoms with van der Waals surface area (Å²) < 4.78 is 97.0. The lowest BCUT2D eigenvalue weighted by molar-refractivity contribution is -0.274. The molecule has 11 heteroatoms. The number of benzene rings is 3. The number of amides is 1. The molecule has 0 saturated carbocycles. The average molecular weight is 501 g/mol. The number of carbonyl (C=O) groups is 1. The highest BCUT2D eigenvalue weighted by molar-refractivity contribution is 7.85. The molecule has 0 spiro atoms. The van der Waals surface area contributed by atoms with Crippen LogP contribution in [0.2, 0.25) is 0 Å². The molecule has 0 aliphatic heterocycles. The van der Waals surface area contributed by atoms with E-state index in [-0.39, 0.29) is 28.3 Å². The number of anilines is 1. The Labute approximate surface area is 193 Å². The highest BCUT2D eigenvalue weighted by Crippen LogP contribution is 2.37. The maximum Gasteiger partial charge on any atom is 0.573 e. The van der Waals surface area contributed by atoms with Crippen molar-refractivity contribution in [1.82, 2.24) is 0 Å². The van der Waals surface area contributed by atoms with Gasteiger partial charge in [-0.25, -0.2) is 13.2 Å². The lowest BCUT2D eigenvalue weighted by Crippen LogP contribution is -2.18. The Balaban J connectivity index is 1.81. The summed E-state index contributed by atoms with van der Waals surface area (Å²) in [5.74, 6) is -4.50. The van der Waals surface area contributed by atoms with Crippen molar-refractivity contribution < 1.29 is 40.1 Å². The van der Waals surface area contributed by atoms with Gasteiger partial charge in [-0.2, -0.15) is 0 Å². The van der Waals surface area contributed by atoms with E-state index >= 15 is 0 Å². The molecule has 0 heterocycles. The van der Waals surface area contributed by atoms with Gasteiger partial charge in [0.15, 0.2) is 0 Å². The molecule has 1 unspecified atom stereocenters. The summed E-state index contributed by atoms with van der Waals surface area (Å²) in [6.07, 6.45) is -5.41. The first-order valence-corrected chi connectivity index (χ1v) is 11.1. The molecule has 0 aliphatic rings. The zero-order valence-electron chi connectivity index (χ0n) is 17.5. The number of carbonyl (C=O) groups excluding carboxylic acids is 1. The van der Waals surface area contributed by atoms with Crippen LogP contribution in [0.3, 0.4) is 0 Å². The van der Waals surface area contributed by atoms with Gasteiger partial charge in [0.25, 0.3) is 0 Å². The minimum Gasteiger partial charge on any atom is -0.405 e. The second-order valence-corrected chi connectivity index (χ2v) is 8.69. The van der Waals surface area contributed by atoms with Crippen molar-refractivity contribution in [2.24, 2.45) is 0 Å². The van der Waals surface area contributed by atoms with Gasteiger partial charge in [-0.05, 0) is 35.9 Å². The summed E-state index contributed by atoms with van der Waals surface area (Å²) in [4.78, 5) is 12.3. The Bertz CT molecular complexity index is 1220. The summed E-state index contributed by atoms with van der Waals surface area (Å²) in [5.41, 5.74) is -1.28. The first-order valence-electron chi connectivity index (χ1n) is 9.79. The van der Waals surface area contributed by atoms with Crippen LogP contribution in [0.25, 0.3) is 11.1 Å². The van der Waals surface area contributed by atoms with Crippen LogP contribution >= 0.6 is 0 Å². The predicted octanol–water partition coefficient (Wildman–Crippen LogP) is 5.98. The topological polar surface area (TPSA) is 55.4 Å². The maximum absolute atomic E-state index is 14.7. The van der Waals surface area contributed by atoms with Gasteiger partial charge in [0.05, 0.1) is 27.7 Å². The number of rotatable bonds is 7. The van der Waals surface area contributed by atoms with Crippen LogP contribution in [0, 0.1) is 17.5 Å². The summed E-state index contributed by atoms with van der Waals surface area (Å²) >= 11 is 0. The molecule has 3 aromatic rings. The van der Waals surface area contributed by atoms with E-state index in [0.717, 1.165) is 30.3 Å². The SMILES string of the molecule is CCS(=O)c1ccc(CC(=O)Nc2cc(F)c(-c3ccccc3OC(F)(F)F)c(F)c2)cc1F. The Morgan fingerprint density at radius 3 is 2.21 bits per heavy atom. The third kappa shape index (κ3) is 6.16. The number of hydrogen-bond acceptors (Lipinski definition) is 3. The number of alkyl halides is 3. The average Bonchev–Trinajstić information content (AvgIpc) is 2.73. The van der Waals surface area contributed by atoms with Gasteiger partial charge in [0.2, 0.25) is 5.91 Å². The first kappa shape index (κ1) is 25.3. The van der Waals surface area contributed by atoms with Crippen LogP contribution in [0.4, 0.5) is 32.0 Å². The van der Waals surface area contributed by atoms with Gasteiger partial charge in [-0.1, -0.05) is 31.2 Å². The van der Waals surface area contributed by atoms with Crippen molar-refractivity contribution in [3.05, 3.63) is 77.6 Å². The molecular formula is C23H17F6NO3S. The highest BCUT2D eigenvalue weighted by Gasteiger charge is 2.33. The molecule has 0 radical (unpaired) electrons. The third-order valence-electron chi connectivity index (χ3n) is 4.58. The van der Waals surface area contributed by atoms with Crippen molar-refractivity contribution in [3.8, 4) is 16.9 Å². The minimum absolute atomic E-state index is 0.00109. The van der Waals surface area contributed by atoms with Crippen LogP contribution in [0.1, 0.15) is 12.5 Å². The molecular weight excluding hydrogens is 484 g/mol. The molecule has 0 bridgehead atoms. The molecule has 0 fully saturated rings.